The van der Waals surface area contributed by atoms with Crippen molar-refractivity contribution < 1.29 is 19.8 Å². The third kappa shape index (κ3) is 38.5. The van der Waals surface area contributed by atoms with E-state index >= 15 is 0 Å². The first-order chi connectivity index (χ1) is 27.5. The van der Waals surface area contributed by atoms with Gasteiger partial charge in [0.2, 0.25) is 0 Å². The lowest BCUT2D eigenvalue weighted by Gasteiger charge is -2.27. The van der Waals surface area contributed by atoms with Gasteiger partial charge in [0.1, 0.15) is 0 Å². The molecule has 0 aromatic rings. The van der Waals surface area contributed by atoms with E-state index in [0.29, 0.717) is 19.3 Å². The molecule has 334 valence electrons. The highest BCUT2D eigenvalue weighted by Gasteiger charge is 2.31. The molecule has 0 aliphatic heterocycles. The molecule has 0 fully saturated rings. The fourth-order valence-electron chi connectivity index (χ4n) is 9.14. The fraction of sp³-hybridized carbons (Fsp3) is 0.962. The zero-order chi connectivity index (χ0) is 41.0. The minimum Gasteiger partial charge on any atom is -0.481 e. The number of unbranched alkanes of at least 4 members (excludes halogenated alkanes) is 37. The van der Waals surface area contributed by atoms with Crippen LogP contribution in [0.15, 0.2) is 0 Å². The molecule has 0 aromatic carbocycles. The SMILES string of the molecule is CCCCCCCCCCCCCCCCC(CC(CCCCCCCCCCCCCC)C(CCCCCCCCCCCCCCCC)C(=O)O)C(=O)O. The van der Waals surface area contributed by atoms with Gasteiger partial charge in [-0.25, -0.2) is 0 Å². The molecule has 0 saturated heterocycles. The van der Waals surface area contributed by atoms with Gasteiger partial charge in [-0.05, 0) is 31.6 Å². The molecule has 0 rings (SSSR count). The van der Waals surface area contributed by atoms with E-state index in [9.17, 15) is 19.8 Å². The smallest absolute Gasteiger partial charge is 0.306 e. The Morgan fingerprint density at radius 1 is 0.304 bits per heavy atom. The van der Waals surface area contributed by atoms with Gasteiger partial charge in [-0.15, -0.1) is 0 Å². The van der Waals surface area contributed by atoms with E-state index in [2.05, 4.69) is 20.8 Å². The minimum absolute atomic E-state index is 0.0228. The molecule has 0 heterocycles. The number of carboxylic acid groups (broad SMARTS) is 2. The Kier molecular flexibility index (Phi) is 44.2. The average Bonchev–Trinajstić information content (AvgIpc) is 3.18. The van der Waals surface area contributed by atoms with Crippen LogP contribution >= 0.6 is 0 Å². The summed E-state index contributed by atoms with van der Waals surface area (Å²) < 4.78 is 0. The molecule has 3 unspecified atom stereocenters. The Morgan fingerprint density at radius 3 is 0.786 bits per heavy atom. The lowest BCUT2D eigenvalue weighted by molar-refractivity contribution is -0.147. The van der Waals surface area contributed by atoms with Crippen molar-refractivity contribution in [3.63, 3.8) is 0 Å². The zero-order valence-corrected chi connectivity index (χ0v) is 38.6. The topological polar surface area (TPSA) is 74.6 Å². The molecule has 0 saturated carbocycles. The molecule has 3 atom stereocenters. The highest BCUT2D eigenvalue weighted by atomic mass is 16.4. The summed E-state index contributed by atoms with van der Waals surface area (Å²) in [5.41, 5.74) is 0. The molecule has 4 heteroatoms. The Hall–Kier alpha value is -1.06. The van der Waals surface area contributed by atoms with Crippen molar-refractivity contribution in [3.05, 3.63) is 0 Å². The largest absolute Gasteiger partial charge is 0.481 e. The molecule has 0 spiro atoms. The van der Waals surface area contributed by atoms with Gasteiger partial charge >= 0.3 is 11.9 Å². The maximum Gasteiger partial charge on any atom is 0.306 e. The summed E-state index contributed by atoms with van der Waals surface area (Å²) >= 11 is 0. The van der Waals surface area contributed by atoms with Crippen molar-refractivity contribution in [1.29, 1.82) is 0 Å². The second-order valence-corrected chi connectivity index (χ2v) is 18.4. The van der Waals surface area contributed by atoms with E-state index in [1.54, 1.807) is 0 Å². The molecule has 0 aromatic heterocycles. The monoisotopic (exact) mass is 791 g/mol. The van der Waals surface area contributed by atoms with Crippen LogP contribution in [0.2, 0.25) is 0 Å². The van der Waals surface area contributed by atoms with Crippen LogP contribution in [0.5, 0.6) is 0 Å². The van der Waals surface area contributed by atoms with Crippen molar-refractivity contribution in [1.82, 2.24) is 0 Å². The second-order valence-electron chi connectivity index (χ2n) is 18.4. The first-order valence-electron chi connectivity index (χ1n) is 25.9. The summed E-state index contributed by atoms with van der Waals surface area (Å²) in [4.78, 5) is 25.2. The molecule has 2 N–H and O–H groups in total. The maximum atomic E-state index is 12.7. The average molecular weight is 791 g/mol. The van der Waals surface area contributed by atoms with Crippen LogP contribution in [0.25, 0.3) is 0 Å². The van der Waals surface area contributed by atoms with Crippen molar-refractivity contribution in [2.45, 2.75) is 303 Å². The summed E-state index contributed by atoms with van der Waals surface area (Å²) in [6, 6.07) is 0. The summed E-state index contributed by atoms with van der Waals surface area (Å²) in [6.07, 6.45) is 54.8. The highest BCUT2D eigenvalue weighted by molar-refractivity contribution is 5.71. The Labute approximate surface area is 351 Å². The van der Waals surface area contributed by atoms with Gasteiger partial charge in [0, 0.05) is 0 Å². The number of rotatable bonds is 48. The van der Waals surface area contributed by atoms with Gasteiger partial charge in [0.15, 0.2) is 0 Å². The van der Waals surface area contributed by atoms with Crippen molar-refractivity contribution in [2.75, 3.05) is 0 Å². The van der Waals surface area contributed by atoms with Crippen LogP contribution < -0.4 is 0 Å². The number of aliphatic carboxylic acids is 2. The van der Waals surface area contributed by atoms with Crippen molar-refractivity contribution in [3.8, 4) is 0 Å². The van der Waals surface area contributed by atoms with Crippen LogP contribution in [0.1, 0.15) is 303 Å². The molecular weight excluding hydrogens is 689 g/mol. The van der Waals surface area contributed by atoms with E-state index in [4.69, 9.17) is 0 Å². The summed E-state index contributed by atoms with van der Waals surface area (Å²) in [5, 5.41) is 20.7. The van der Waals surface area contributed by atoms with Gasteiger partial charge in [0.05, 0.1) is 11.8 Å². The highest BCUT2D eigenvalue weighted by Crippen LogP contribution is 2.33. The van der Waals surface area contributed by atoms with Crippen LogP contribution in [0.4, 0.5) is 0 Å². The lowest BCUT2D eigenvalue weighted by atomic mass is 9.77. The molecule has 0 amide bonds. The normalized spacial score (nSPS) is 13.3. The van der Waals surface area contributed by atoms with Crippen molar-refractivity contribution >= 4 is 11.9 Å². The van der Waals surface area contributed by atoms with Crippen molar-refractivity contribution in [2.24, 2.45) is 17.8 Å². The molecule has 0 aliphatic carbocycles. The minimum atomic E-state index is -0.708. The van der Waals surface area contributed by atoms with Gasteiger partial charge in [-0.1, -0.05) is 278 Å². The van der Waals surface area contributed by atoms with Crippen LogP contribution in [-0.4, -0.2) is 22.2 Å². The first-order valence-corrected chi connectivity index (χ1v) is 25.9. The molecule has 4 nitrogen and oxygen atoms in total. The zero-order valence-electron chi connectivity index (χ0n) is 38.6. The van der Waals surface area contributed by atoms with Crippen LogP contribution in [0, 0.1) is 17.8 Å². The summed E-state index contributed by atoms with van der Waals surface area (Å²) in [5.74, 6) is -2.24. The van der Waals surface area contributed by atoms with Crippen LogP contribution in [-0.2, 0) is 9.59 Å². The standard InChI is InChI=1S/C52H102O4/c1-4-7-10-13-16-19-22-25-27-30-33-36-39-42-45-49(51(53)54)47-48(44-41-38-35-32-29-24-21-18-15-12-9-6-3)50(52(55)56)46-43-40-37-34-31-28-26-23-20-17-14-11-8-5-2/h48-50H,4-47H2,1-3H3,(H,53,54)(H,55,56). The molecule has 0 bridgehead atoms. The van der Waals surface area contributed by atoms with Crippen LogP contribution in [0.3, 0.4) is 0 Å². The van der Waals surface area contributed by atoms with Gasteiger partial charge < -0.3 is 10.2 Å². The van der Waals surface area contributed by atoms with E-state index in [-0.39, 0.29) is 5.92 Å². The Morgan fingerprint density at radius 2 is 0.536 bits per heavy atom. The summed E-state index contributed by atoms with van der Waals surface area (Å²) in [7, 11) is 0. The number of hydrogen-bond donors (Lipinski definition) is 2. The predicted octanol–water partition coefficient (Wildman–Crippen LogP) is 18.2. The third-order valence-corrected chi connectivity index (χ3v) is 13.0. The van der Waals surface area contributed by atoms with Gasteiger partial charge in [-0.2, -0.15) is 0 Å². The first kappa shape index (κ1) is 54.9. The number of hydrogen-bond acceptors (Lipinski definition) is 2. The van der Waals surface area contributed by atoms with E-state index in [1.165, 1.54) is 218 Å². The predicted molar refractivity (Wildman–Crippen MR) is 246 cm³/mol. The number of carbonyl (C=O) groups is 2. The fourth-order valence-corrected chi connectivity index (χ4v) is 9.14. The molecule has 56 heavy (non-hydrogen) atoms. The quantitative estimate of drug-likeness (QED) is 0.0602. The Balaban J connectivity index is 4.68. The molecule has 0 aliphatic rings. The van der Waals surface area contributed by atoms with E-state index < -0.39 is 23.8 Å². The summed E-state index contributed by atoms with van der Waals surface area (Å²) in [6.45, 7) is 6.83. The van der Waals surface area contributed by atoms with Gasteiger partial charge in [-0.3, -0.25) is 9.59 Å². The van der Waals surface area contributed by atoms with Gasteiger partial charge in [0.25, 0.3) is 0 Å². The van der Waals surface area contributed by atoms with E-state index in [1.807, 2.05) is 0 Å². The second kappa shape index (κ2) is 45.0. The molecular formula is C52H102O4. The van der Waals surface area contributed by atoms with E-state index in [0.717, 1.165) is 44.9 Å². The Bertz CT molecular complexity index is 796. The maximum absolute atomic E-state index is 12.7. The third-order valence-electron chi connectivity index (χ3n) is 13.0. The molecule has 0 radical (unpaired) electrons. The number of carboxylic acids is 2. The lowest BCUT2D eigenvalue weighted by Crippen LogP contribution is -2.28.